The number of nitrogens with one attached hydrogen (secondary N) is 1. The van der Waals surface area contributed by atoms with Crippen LogP contribution in [0.1, 0.15) is 34.4 Å². The third-order valence-corrected chi connectivity index (χ3v) is 4.97. The normalized spacial score (nSPS) is 22.9. The molecule has 1 aromatic carbocycles. The third kappa shape index (κ3) is 3.39. The first-order valence-electron chi connectivity index (χ1n) is 8.78. The van der Waals surface area contributed by atoms with Crippen molar-refractivity contribution >= 4 is 11.7 Å². The summed E-state index contributed by atoms with van der Waals surface area (Å²) in [4.78, 5) is 14.4. The standard InChI is InChI=1S/C18H19F3N4O2/c19-18(20,21)15-10-14(12-4-2-1-3-5-12)23-16-13(11-22-25(15)16)17(26)24-6-8-27-9-7-24/h1-5,11,14-15,23H,6-10H2/t14-,15-/m0/s1. The summed E-state index contributed by atoms with van der Waals surface area (Å²) in [7, 11) is 0. The van der Waals surface area contributed by atoms with Crippen molar-refractivity contribution in [1.82, 2.24) is 14.7 Å². The van der Waals surface area contributed by atoms with Gasteiger partial charge in [-0.25, -0.2) is 4.68 Å². The monoisotopic (exact) mass is 380 g/mol. The van der Waals surface area contributed by atoms with Crippen molar-refractivity contribution in [1.29, 1.82) is 0 Å². The molecule has 3 heterocycles. The van der Waals surface area contributed by atoms with Crippen LogP contribution in [-0.4, -0.2) is 53.1 Å². The van der Waals surface area contributed by atoms with Crippen LogP contribution in [0.25, 0.3) is 0 Å². The molecule has 6 nitrogen and oxygen atoms in total. The minimum atomic E-state index is -4.46. The number of nitrogens with zero attached hydrogens (tertiary/aromatic N) is 3. The van der Waals surface area contributed by atoms with Gasteiger partial charge in [0, 0.05) is 19.5 Å². The minimum absolute atomic E-state index is 0.119. The third-order valence-electron chi connectivity index (χ3n) is 4.97. The summed E-state index contributed by atoms with van der Waals surface area (Å²) in [6.07, 6.45) is -3.42. The van der Waals surface area contributed by atoms with Gasteiger partial charge in [0.25, 0.3) is 5.91 Å². The van der Waals surface area contributed by atoms with Crippen LogP contribution in [0.3, 0.4) is 0 Å². The van der Waals surface area contributed by atoms with E-state index in [1.54, 1.807) is 29.2 Å². The fraction of sp³-hybridized carbons (Fsp3) is 0.444. The number of alkyl halides is 3. The van der Waals surface area contributed by atoms with Crippen molar-refractivity contribution in [2.45, 2.75) is 24.7 Å². The van der Waals surface area contributed by atoms with Gasteiger partial charge in [-0.15, -0.1) is 0 Å². The van der Waals surface area contributed by atoms with Crippen LogP contribution in [0.5, 0.6) is 0 Å². The molecule has 2 aromatic rings. The van der Waals surface area contributed by atoms with Crippen LogP contribution in [0, 0.1) is 0 Å². The van der Waals surface area contributed by atoms with Gasteiger partial charge in [-0.1, -0.05) is 30.3 Å². The molecule has 1 fully saturated rings. The van der Waals surface area contributed by atoms with E-state index < -0.39 is 18.3 Å². The van der Waals surface area contributed by atoms with Crippen LogP contribution in [0.15, 0.2) is 36.5 Å². The van der Waals surface area contributed by atoms with E-state index >= 15 is 0 Å². The highest BCUT2D eigenvalue weighted by molar-refractivity contribution is 5.99. The fourth-order valence-corrected chi connectivity index (χ4v) is 3.56. The van der Waals surface area contributed by atoms with Crippen molar-refractivity contribution in [3.63, 3.8) is 0 Å². The first kappa shape index (κ1) is 17.8. The Morgan fingerprint density at radius 2 is 1.89 bits per heavy atom. The number of halogens is 3. The second-order valence-electron chi connectivity index (χ2n) is 6.66. The largest absolute Gasteiger partial charge is 0.410 e. The molecule has 1 amide bonds. The van der Waals surface area contributed by atoms with Gasteiger partial charge in [-0.2, -0.15) is 18.3 Å². The molecule has 2 aliphatic rings. The quantitative estimate of drug-likeness (QED) is 0.870. The predicted molar refractivity (Wildman–Crippen MR) is 91.5 cm³/mol. The van der Waals surface area contributed by atoms with Gasteiger partial charge < -0.3 is 15.0 Å². The second-order valence-corrected chi connectivity index (χ2v) is 6.66. The Balaban J connectivity index is 1.71. The number of fused-ring (bicyclic) bond motifs is 1. The van der Waals surface area contributed by atoms with Crippen LogP contribution < -0.4 is 5.32 Å². The van der Waals surface area contributed by atoms with Crippen molar-refractivity contribution in [2.75, 3.05) is 31.6 Å². The Kier molecular flexibility index (Phi) is 4.55. The van der Waals surface area contributed by atoms with E-state index in [4.69, 9.17) is 4.74 Å². The molecule has 9 heteroatoms. The highest BCUT2D eigenvalue weighted by Gasteiger charge is 2.47. The molecule has 1 N–H and O–H groups in total. The molecule has 2 aliphatic heterocycles. The highest BCUT2D eigenvalue weighted by atomic mass is 19.4. The van der Waals surface area contributed by atoms with Crippen LogP contribution >= 0.6 is 0 Å². The summed E-state index contributed by atoms with van der Waals surface area (Å²) in [5, 5.41) is 7.01. The Hall–Kier alpha value is -2.55. The number of amides is 1. The van der Waals surface area contributed by atoms with E-state index in [-0.39, 0.29) is 23.7 Å². The highest BCUT2D eigenvalue weighted by Crippen LogP contribution is 2.44. The molecule has 0 unspecified atom stereocenters. The van der Waals surface area contributed by atoms with Gasteiger partial charge in [0.05, 0.1) is 25.5 Å². The second kappa shape index (κ2) is 6.88. The molecular formula is C18H19F3N4O2. The fourth-order valence-electron chi connectivity index (χ4n) is 3.56. The summed E-state index contributed by atoms with van der Waals surface area (Å²) in [6, 6.07) is 6.59. The number of rotatable bonds is 2. The molecule has 27 heavy (non-hydrogen) atoms. The molecular weight excluding hydrogens is 361 g/mol. The van der Waals surface area contributed by atoms with E-state index in [1.165, 1.54) is 6.20 Å². The number of hydrogen-bond donors (Lipinski definition) is 1. The zero-order chi connectivity index (χ0) is 19.0. The number of carbonyl (C=O) groups is 1. The van der Waals surface area contributed by atoms with Gasteiger partial charge in [0.1, 0.15) is 11.4 Å². The lowest BCUT2D eigenvalue weighted by Crippen LogP contribution is -2.41. The van der Waals surface area contributed by atoms with Crippen molar-refractivity contribution < 1.29 is 22.7 Å². The average Bonchev–Trinajstić information content (AvgIpc) is 3.11. The average molecular weight is 380 g/mol. The number of anilines is 1. The Morgan fingerprint density at radius 3 is 2.56 bits per heavy atom. The summed E-state index contributed by atoms with van der Waals surface area (Å²) in [6.45, 7) is 1.66. The summed E-state index contributed by atoms with van der Waals surface area (Å²) >= 11 is 0. The van der Waals surface area contributed by atoms with Crippen LogP contribution in [-0.2, 0) is 4.74 Å². The number of hydrogen-bond acceptors (Lipinski definition) is 4. The number of benzene rings is 1. The van der Waals surface area contributed by atoms with Crippen molar-refractivity contribution in [3.05, 3.63) is 47.7 Å². The zero-order valence-corrected chi connectivity index (χ0v) is 14.4. The number of ether oxygens (including phenoxy) is 1. The lowest BCUT2D eigenvalue weighted by Gasteiger charge is -2.34. The molecule has 4 rings (SSSR count). The molecule has 0 spiro atoms. The molecule has 0 radical (unpaired) electrons. The Bertz CT molecular complexity index is 816. The topological polar surface area (TPSA) is 59.4 Å². The van der Waals surface area contributed by atoms with E-state index in [2.05, 4.69) is 10.4 Å². The Morgan fingerprint density at radius 1 is 1.19 bits per heavy atom. The van der Waals surface area contributed by atoms with Gasteiger partial charge in [-0.05, 0) is 5.56 Å². The number of aromatic nitrogens is 2. The molecule has 1 saturated heterocycles. The summed E-state index contributed by atoms with van der Waals surface area (Å²) < 4.78 is 47.2. The van der Waals surface area contributed by atoms with Crippen LogP contribution in [0.2, 0.25) is 0 Å². The first-order chi connectivity index (χ1) is 12.9. The van der Waals surface area contributed by atoms with E-state index in [0.717, 1.165) is 10.2 Å². The maximum Gasteiger partial charge on any atom is 0.410 e. The van der Waals surface area contributed by atoms with Crippen LogP contribution in [0.4, 0.5) is 19.0 Å². The van der Waals surface area contributed by atoms with Crippen molar-refractivity contribution in [3.8, 4) is 0 Å². The van der Waals surface area contributed by atoms with Gasteiger partial charge in [0.2, 0.25) is 0 Å². The summed E-state index contributed by atoms with van der Waals surface area (Å²) in [5.74, 6) is -0.212. The summed E-state index contributed by atoms with van der Waals surface area (Å²) in [5.41, 5.74) is 0.899. The van der Waals surface area contributed by atoms with E-state index in [1.807, 2.05) is 6.07 Å². The maximum absolute atomic E-state index is 13.7. The van der Waals surface area contributed by atoms with Gasteiger partial charge in [0.15, 0.2) is 6.04 Å². The van der Waals surface area contributed by atoms with Crippen molar-refractivity contribution in [2.24, 2.45) is 0 Å². The molecule has 0 aliphatic carbocycles. The molecule has 0 saturated carbocycles. The molecule has 1 aromatic heterocycles. The molecule has 2 atom stereocenters. The number of morpholine rings is 1. The maximum atomic E-state index is 13.7. The number of carbonyl (C=O) groups excluding carboxylic acids is 1. The first-order valence-corrected chi connectivity index (χ1v) is 8.78. The van der Waals surface area contributed by atoms with E-state index in [0.29, 0.717) is 26.3 Å². The minimum Gasteiger partial charge on any atom is -0.378 e. The molecule has 0 bridgehead atoms. The predicted octanol–water partition coefficient (Wildman–Crippen LogP) is 3.02. The SMILES string of the molecule is O=C(c1cnn2c1N[C@H](c1ccccc1)C[C@H]2C(F)(F)F)N1CCOCC1. The van der Waals surface area contributed by atoms with E-state index in [9.17, 15) is 18.0 Å². The smallest absolute Gasteiger partial charge is 0.378 e. The zero-order valence-electron chi connectivity index (χ0n) is 14.4. The molecule has 144 valence electrons. The van der Waals surface area contributed by atoms with Gasteiger partial charge in [-0.3, -0.25) is 4.79 Å². The lowest BCUT2D eigenvalue weighted by molar-refractivity contribution is -0.173. The van der Waals surface area contributed by atoms with Gasteiger partial charge >= 0.3 is 6.18 Å². The Labute approximate surface area is 153 Å². The lowest BCUT2D eigenvalue weighted by atomic mass is 9.96.